The van der Waals surface area contributed by atoms with E-state index in [4.69, 9.17) is 4.74 Å². The van der Waals surface area contributed by atoms with Gasteiger partial charge >= 0.3 is 5.97 Å². The highest BCUT2D eigenvalue weighted by atomic mass is 16.5. The van der Waals surface area contributed by atoms with Gasteiger partial charge in [0.05, 0.1) is 17.8 Å². The van der Waals surface area contributed by atoms with Crippen LogP contribution in [0, 0.1) is 0 Å². The highest BCUT2D eigenvalue weighted by Gasteiger charge is 2.12. The Balaban J connectivity index is 1.79. The Morgan fingerprint density at radius 2 is 1.67 bits per heavy atom. The molecule has 30 heavy (non-hydrogen) atoms. The van der Waals surface area contributed by atoms with E-state index in [1.807, 2.05) is 36.4 Å². The number of aryl methyl sites for hydroxylation is 1. The first-order valence-electron chi connectivity index (χ1n) is 10.8. The van der Waals surface area contributed by atoms with Crippen LogP contribution in [0.5, 0.6) is 5.75 Å². The molecule has 5 heteroatoms. The van der Waals surface area contributed by atoms with Gasteiger partial charge in [0.2, 0.25) is 0 Å². The van der Waals surface area contributed by atoms with E-state index >= 15 is 0 Å². The SMILES string of the molecule is C[C@H](O)CCC[C@H](O)CCCCCc1cc(OCc2ccccc2)ccc1C(=O)O. The Hall–Kier alpha value is -2.37. The third-order valence-corrected chi connectivity index (χ3v) is 5.20. The van der Waals surface area contributed by atoms with Crippen LogP contribution < -0.4 is 4.74 Å². The molecule has 2 aromatic rings. The minimum Gasteiger partial charge on any atom is -0.489 e. The van der Waals surface area contributed by atoms with Gasteiger partial charge in [-0.15, -0.1) is 0 Å². The topological polar surface area (TPSA) is 87.0 Å². The van der Waals surface area contributed by atoms with Crippen LogP contribution in [0.2, 0.25) is 0 Å². The van der Waals surface area contributed by atoms with Gasteiger partial charge in [-0.2, -0.15) is 0 Å². The van der Waals surface area contributed by atoms with Crippen LogP contribution in [0.4, 0.5) is 0 Å². The molecule has 2 rings (SSSR count). The van der Waals surface area contributed by atoms with Gasteiger partial charge < -0.3 is 20.1 Å². The molecule has 0 fully saturated rings. The van der Waals surface area contributed by atoms with E-state index in [1.165, 1.54) is 0 Å². The molecule has 0 aliphatic carbocycles. The Labute approximate surface area is 179 Å². The molecule has 2 aromatic carbocycles. The molecule has 3 N–H and O–H groups in total. The number of rotatable bonds is 14. The number of carboxylic acids is 1. The number of carboxylic acid groups (broad SMARTS) is 1. The summed E-state index contributed by atoms with van der Waals surface area (Å²) in [5, 5.41) is 28.7. The summed E-state index contributed by atoms with van der Waals surface area (Å²) < 4.78 is 5.84. The lowest BCUT2D eigenvalue weighted by atomic mass is 9.99. The smallest absolute Gasteiger partial charge is 0.335 e. The molecule has 0 amide bonds. The number of aliphatic hydroxyl groups excluding tert-OH is 2. The van der Waals surface area contributed by atoms with Crippen molar-refractivity contribution in [1.82, 2.24) is 0 Å². The minimum atomic E-state index is -0.923. The minimum absolute atomic E-state index is 0.312. The van der Waals surface area contributed by atoms with Crippen LogP contribution in [0.25, 0.3) is 0 Å². The number of benzene rings is 2. The van der Waals surface area contributed by atoms with Crippen molar-refractivity contribution in [1.29, 1.82) is 0 Å². The van der Waals surface area contributed by atoms with Gasteiger partial charge in [-0.1, -0.05) is 43.2 Å². The van der Waals surface area contributed by atoms with Crippen molar-refractivity contribution in [3.05, 3.63) is 65.2 Å². The molecule has 0 unspecified atom stereocenters. The second-order valence-corrected chi connectivity index (χ2v) is 7.93. The summed E-state index contributed by atoms with van der Waals surface area (Å²) in [6.45, 7) is 2.21. The maximum absolute atomic E-state index is 11.5. The normalized spacial score (nSPS) is 13.0. The number of unbranched alkanes of at least 4 members (excludes halogenated alkanes) is 2. The number of carbonyl (C=O) groups is 1. The highest BCUT2D eigenvalue weighted by molar-refractivity contribution is 5.89. The van der Waals surface area contributed by atoms with Gasteiger partial charge in [-0.3, -0.25) is 0 Å². The van der Waals surface area contributed by atoms with Crippen molar-refractivity contribution in [3.8, 4) is 5.75 Å². The molecular weight excluding hydrogens is 380 g/mol. The largest absolute Gasteiger partial charge is 0.489 e. The lowest BCUT2D eigenvalue weighted by Crippen LogP contribution is -2.08. The third-order valence-electron chi connectivity index (χ3n) is 5.20. The predicted octanol–water partition coefficient (Wildman–Crippen LogP) is 4.98. The van der Waals surface area contributed by atoms with Crippen molar-refractivity contribution in [3.63, 3.8) is 0 Å². The van der Waals surface area contributed by atoms with Crippen LogP contribution in [0.15, 0.2) is 48.5 Å². The summed E-state index contributed by atoms with van der Waals surface area (Å²) in [5.74, 6) is -0.250. The number of hydrogen-bond acceptors (Lipinski definition) is 4. The zero-order valence-corrected chi connectivity index (χ0v) is 17.8. The van der Waals surface area contributed by atoms with E-state index in [0.717, 1.165) is 56.1 Å². The average Bonchev–Trinajstić information content (AvgIpc) is 2.72. The van der Waals surface area contributed by atoms with Gasteiger partial charge in [0.15, 0.2) is 0 Å². The van der Waals surface area contributed by atoms with Crippen molar-refractivity contribution in [2.75, 3.05) is 0 Å². The summed E-state index contributed by atoms with van der Waals surface area (Å²) in [5.41, 5.74) is 2.17. The van der Waals surface area contributed by atoms with E-state index in [9.17, 15) is 20.1 Å². The van der Waals surface area contributed by atoms with Crippen molar-refractivity contribution in [2.45, 2.75) is 77.1 Å². The van der Waals surface area contributed by atoms with E-state index in [1.54, 1.807) is 19.1 Å². The van der Waals surface area contributed by atoms with Crippen LogP contribution in [-0.2, 0) is 13.0 Å². The molecular formula is C25H34O5. The molecule has 0 heterocycles. The molecule has 0 bridgehead atoms. The fraction of sp³-hybridized carbons (Fsp3) is 0.480. The standard InChI is InChI=1S/C25H34O5/c1-19(26)9-8-14-22(27)13-7-3-6-12-21-17-23(15-16-24(21)25(28)29)30-18-20-10-4-2-5-11-20/h2,4-5,10-11,15-17,19,22,26-27H,3,6-9,12-14,18H2,1H3,(H,28,29)/t19-,22+/m0/s1. The quantitative estimate of drug-likeness (QED) is 0.380. The number of aromatic carboxylic acids is 1. The lowest BCUT2D eigenvalue weighted by molar-refractivity contribution is 0.0695. The third kappa shape index (κ3) is 8.97. The molecule has 164 valence electrons. The molecule has 5 nitrogen and oxygen atoms in total. The monoisotopic (exact) mass is 414 g/mol. The van der Waals surface area contributed by atoms with Crippen LogP contribution in [0.3, 0.4) is 0 Å². The van der Waals surface area contributed by atoms with Crippen molar-refractivity contribution in [2.24, 2.45) is 0 Å². The molecule has 0 radical (unpaired) electrons. The second-order valence-electron chi connectivity index (χ2n) is 7.93. The van der Waals surface area contributed by atoms with E-state index in [2.05, 4.69) is 0 Å². The van der Waals surface area contributed by atoms with Gasteiger partial charge in [-0.05, 0) is 74.8 Å². The summed E-state index contributed by atoms with van der Waals surface area (Å²) >= 11 is 0. The van der Waals surface area contributed by atoms with Gasteiger partial charge in [-0.25, -0.2) is 4.79 Å². The Morgan fingerprint density at radius 3 is 2.37 bits per heavy atom. The first-order chi connectivity index (χ1) is 14.5. The summed E-state index contributed by atoms with van der Waals surface area (Å²) in [7, 11) is 0. The van der Waals surface area contributed by atoms with Crippen molar-refractivity contribution >= 4 is 5.97 Å². The number of aliphatic hydroxyl groups is 2. The summed E-state index contributed by atoms with van der Waals surface area (Å²) in [6.07, 6.45) is 5.74. The first kappa shape index (κ1) is 23.9. The fourth-order valence-electron chi connectivity index (χ4n) is 3.48. The molecule has 0 aliphatic heterocycles. The van der Waals surface area contributed by atoms with Crippen LogP contribution >= 0.6 is 0 Å². The Kier molecular flexibility index (Phi) is 10.4. The Morgan fingerprint density at radius 1 is 0.933 bits per heavy atom. The molecule has 0 aliphatic rings. The van der Waals surface area contributed by atoms with Gasteiger partial charge in [0, 0.05) is 0 Å². The van der Waals surface area contributed by atoms with Gasteiger partial charge in [0.1, 0.15) is 12.4 Å². The fourth-order valence-corrected chi connectivity index (χ4v) is 3.48. The highest BCUT2D eigenvalue weighted by Crippen LogP contribution is 2.22. The number of hydrogen-bond donors (Lipinski definition) is 3. The van der Waals surface area contributed by atoms with Gasteiger partial charge in [0.25, 0.3) is 0 Å². The zero-order chi connectivity index (χ0) is 21.8. The molecule has 0 saturated carbocycles. The predicted molar refractivity (Wildman–Crippen MR) is 118 cm³/mol. The second kappa shape index (κ2) is 13.0. The zero-order valence-electron chi connectivity index (χ0n) is 17.8. The van der Waals surface area contributed by atoms with Crippen LogP contribution in [0.1, 0.15) is 73.4 Å². The first-order valence-corrected chi connectivity index (χ1v) is 10.8. The maximum atomic E-state index is 11.5. The lowest BCUT2D eigenvalue weighted by Gasteiger charge is -2.12. The Bertz CT molecular complexity index is 757. The molecule has 0 saturated heterocycles. The number of ether oxygens (including phenoxy) is 1. The van der Waals surface area contributed by atoms with Crippen molar-refractivity contribution < 1.29 is 24.9 Å². The molecule has 2 atom stereocenters. The summed E-state index contributed by atoms with van der Waals surface area (Å²) in [6, 6.07) is 15.0. The van der Waals surface area contributed by atoms with E-state index < -0.39 is 5.97 Å². The van der Waals surface area contributed by atoms with E-state index in [0.29, 0.717) is 24.3 Å². The van der Waals surface area contributed by atoms with Crippen LogP contribution in [-0.4, -0.2) is 33.5 Å². The average molecular weight is 415 g/mol. The van der Waals surface area contributed by atoms with E-state index in [-0.39, 0.29) is 12.2 Å². The summed E-state index contributed by atoms with van der Waals surface area (Å²) in [4.78, 5) is 11.5. The maximum Gasteiger partial charge on any atom is 0.335 e. The molecule has 0 spiro atoms. The molecule has 0 aromatic heterocycles.